The van der Waals surface area contributed by atoms with Gasteiger partial charge in [0.2, 0.25) is 0 Å². The van der Waals surface area contributed by atoms with Gasteiger partial charge in [0, 0.05) is 6.42 Å². The van der Waals surface area contributed by atoms with Gasteiger partial charge in [0.1, 0.15) is 5.75 Å². The number of ether oxygens (including phenoxy) is 1. The summed E-state index contributed by atoms with van der Waals surface area (Å²) in [5.41, 5.74) is 2.66. The van der Waals surface area contributed by atoms with Crippen LogP contribution in [0.25, 0.3) is 0 Å². The summed E-state index contributed by atoms with van der Waals surface area (Å²) in [6.45, 7) is 15.4. The standard InChI is InChI=1S/C25H42O3/c1-8-9-10-11-12-13-16-28-22(26)15-14-19-17-20(24(2,3)4)23(27)21(18-19)25(5,6)7/h17-18,27H,8-16H2,1-7H3. The van der Waals surface area contributed by atoms with Gasteiger partial charge in [0.05, 0.1) is 6.61 Å². The van der Waals surface area contributed by atoms with E-state index in [1.54, 1.807) is 0 Å². The molecule has 1 aromatic rings. The molecule has 0 saturated heterocycles. The topological polar surface area (TPSA) is 46.5 Å². The first-order chi connectivity index (χ1) is 13.0. The molecule has 1 N–H and O–H groups in total. The molecular formula is C25H42O3. The molecular weight excluding hydrogens is 348 g/mol. The van der Waals surface area contributed by atoms with E-state index in [1.807, 2.05) is 12.1 Å². The van der Waals surface area contributed by atoms with Crippen LogP contribution in [0.1, 0.15) is 110 Å². The second kappa shape index (κ2) is 10.9. The Morgan fingerprint density at radius 3 is 1.89 bits per heavy atom. The summed E-state index contributed by atoms with van der Waals surface area (Å²) in [5.74, 6) is 0.255. The summed E-state index contributed by atoms with van der Waals surface area (Å²) >= 11 is 0. The Balaban J connectivity index is 2.65. The summed E-state index contributed by atoms with van der Waals surface area (Å²) in [7, 11) is 0. The lowest BCUT2D eigenvalue weighted by Crippen LogP contribution is -2.18. The lowest BCUT2D eigenvalue weighted by Gasteiger charge is -2.28. The van der Waals surface area contributed by atoms with Crippen LogP contribution in [-0.4, -0.2) is 17.7 Å². The zero-order chi connectivity index (χ0) is 21.4. The summed E-state index contributed by atoms with van der Waals surface area (Å²) in [5, 5.41) is 10.8. The molecule has 28 heavy (non-hydrogen) atoms. The van der Waals surface area contributed by atoms with Crippen LogP contribution >= 0.6 is 0 Å². The van der Waals surface area contributed by atoms with Crippen LogP contribution < -0.4 is 0 Å². The van der Waals surface area contributed by atoms with E-state index in [4.69, 9.17) is 4.74 Å². The zero-order valence-corrected chi connectivity index (χ0v) is 19.3. The van der Waals surface area contributed by atoms with Crippen molar-refractivity contribution in [3.05, 3.63) is 28.8 Å². The first-order valence-electron chi connectivity index (χ1n) is 11.0. The highest BCUT2D eigenvalue weighted by Gasteiger charge is 2.26. The molecule has 0 fully saturated rings. The number of carbonyl (C=O) groups is 1. The first-order valence-corrected chi connectivity index (χ1v) is 11.0. The summed E-state index contributed by atoms with van der Waals surface area (Å²) in [4.78, 5) is 12.1. The van der Waals surface area contributed by atoms with Gasteiger partial charge in [-0.1, -0.05) is 92.7 Å². The number of aromatic hydroxyl groups is 1. The minimum absolute atomic E-state index is 0.128. The molecule has 0 saturated carbocycles. The third-order valence-corrected chi connectivity index (χ3v) is 5.16. The number of carbonyl (C=O) groups excluding carboxylic acids is 1. The number of aryl methyl sites for hydroxylation is 1. The van der Waals surface area contributed by atoms with Crippen molar-refractivity contribution >= 4 is 5.97 Å². The van der Waals surface area contributed by atoms with Gasteiger partial charge in [0.25, 0.3) is 0 Å². The van der Waals surface area contributed by atoms with Gasteiger partial charge in [-0.05, 0) is 40.4 Å². The Morgan fingerprint density at radius 1 is 0.893 bits per heavy atom. The van der Waals surface area contributed by atoms with E-state index in [0.29, 0.717) is 25.2 Å². The second-order valence-electron chi connectivity index (χ2n) is 10.0. The van der Waals surface area contributed by atoms with Crippen molar-refractivity contribution < 1.29 is 14.6 Å². The summed E-state index contributed by atoms with van der Waals surface area (Å²) in [6, 6.07) is 4.09. The molecule has 0 aliphatic rings. The molecule has 0 aromatic heterocycles. The van der Waals surface area contributed by atoms with Crippen LogP contribution in [0.2, 0.25) is 0 Å². The fourth-order valence-corrected chi connectivity index (χ4v) is 3.37. The predicted octanol–water partition coefficient (Wildman–Crippen LogP) is 6.82. The van der Waals surface area contributed by atoms with E-state index in [2.05, 4.69) is 48.5 Å². The quantitative estimate of drug-likeness (QED) is 0.352. The van der Waals surface area contributed by atoms with E-state index in [0.717, 1.165) is 29.5 Å². The largest absolute Gasteiger partial charge is 0.507 e. The van der Waals surface area contributed by atoms with Crippen molar-refractivity contribution in [2.45, 2.75) is 111 Å². The average Bonchev–Trinajstić information content (AvgIpc) is 2.58. The lowest BCUT2D eigenvalue weighted by molar-refractivity contribution is -0.143. The molecule has 0 unspecified atom stereocenters. The van der Waals surface area contributed by atoms with Crippen LogP contribution in [0.15, 0.2) is 12.1 Å². The van der Waals surface area contributed by atoms with E-state index in [-0.39, 0.29) is 16.8 Å². The highest BCUT2D eigenvalue weighted by molar-refractivity contribution is 5.69. The Morgan fingerprint density at radius 2 is 1.39 bits per heavy atom. The molecule has 0 amide bonds. The molecule has 3 heteroatoms. The SMILES string of the molecule is CCCCCCCCOC(=O)CCc1cc(C(C)(C)C)c(O)c(C(C)(C)C)c1. The maximum Gasteiger partial charge on any atom is 0.306 e. The van der Waals surface area contributed by atoms with Crippen LogP contribution in [0.4, 0.5) is 0 Å². The maximum atomic E-state index is 12.1. The Bertz CT molecular complexity index is 583. The number of hydrogen-bond acceptors (Lipinski definition) is 3. The Labute approximate surface area is 172 Å². The number of phenolic OH excluding ortho intramolecular Hbond substituents is 1. The van der Waals surface area contributed by atoms with Crippen LogP contribution in [0, 0.1) is 0 Å². The normalized spacial score (nSPS) is 12.2. The minimum Gasteiger partial charge on any atom is -0.507 e. The zero-order valence-electron chi connectivity index (χ0n) is 19.3. The number of esters is 1. The maximum absolute atomic E-state index is 12.1. The molecule has 0 spiro atoms. The molecule has 0 bridgehead atoms. The van der Waals surface area contributed by atoms with Gasteiger partial charge >= 0.3 is 5.97 Å². The third kappa shape index (κ3) is 8.24. The van der Waals surface area contributed by atoms with Crippen molar-refractivity contribution in [1.82, 2.24) is 0 Å². The Kier molecular flexibility index (Phi) is 9.53. The molecule has 1 rings (SSSR count). The van der Waals surface area contributed by atoms with Crippen LogP contribution in [-0.2, 0) is 26.8 Å². The van der Waals surface area contributed by atoms with Gasteiger partial charge in [0.15, 0.2) is 0 Å². The average molecular weight is 391 g/mol. The van der Waals surface area contributed by atoms with E-state index in [1.165, 1.54) is 25.7 Å². The van der Waals surface area contributed by atoms with Crippen molar-refractivity contribution in [2.24, 2.45) is 0 Å². The molecule has 1 aromatic carbocycles. The number of unbranched alkanes of at least 4 members (excludes halogenated alkanes) is 5. The minimum atomic E-state index is -0.154. The van der Waals surface area contributed by atoms with Crippen LogP contribution in [0.5, 0.6) is 5.75 Å². The summed E-state index contributed by atoms with van der Waals surface area (Å²) in [6.07, 6.45) is 8.16. The molecule has 3 nitrogen and oxygen atoms in total. The fourth-order valence-electron chi connectivity index (χ4n) is 3.37. The highest BCUT2D eigenvalue weighted by Crippen LogP contribution is 2.39. The van der Waals surface area contributed by atoms with Gasteiger partial charge < -0.3 is 9.84 Å². The smallest absolute Gasteiger partial charge is 0.306 e. The second-order valence-corrected chi connectivity index (χ2v) is 10.0. The van der Waals surface area contributed by atoms with E-state index in [9.17, 15) is 9.90 Å². The van der Waals surface area contributed by atoms with Crippen molar-refractivity contribution in [3.8, 4) is 5.75 Å². The third-order valence-electron chi connectivity index (χ3n) is 5.16. The molecule has 0 heterocycles. The molecule has 160 valence electrons. The molecule has 0 radical (unpaired) electrons. The highest BCUT2D eigenvalue weighted by atomic mass is 16.5. The lowest BCUT2D eigenvalue weighted by atomic mass is 9.78. The fraction of sp³-hybridized carbons (Fsp3) is 0.720. The number of hydrogen-bond donors (Lipinski definition) is 1. The number of benzene rings is 1. The van der Waals surface area contributed by atoms with Crippen molar-refractivity contribution in [1.29, 1.82) is 0 Å². The first kappa shape index (κ1) is 24.5. The van der Waals surface area contributed by atoms with Crippen molar-refractivity contribution in [2.75, 3.05) is 6.61 Å². The Hall–Kier alpha value is -1.51. The molecule has 0 atom stereocenters. The van der Waals surface area contributed by atoms with Crippen molar-refractivity contribution in [3.63, 3.8) is 0 Å². The number of rotatable bonds is 10. The van der Waals surface area contributed by atoms with Gasteiger partial charge in [-0.15, -0.1) is 0 Å². The van der Waals surface area contributed by atoms with E-state index >= 15 is 0 Å². The van der Waals surface area contributed by atoms with E-state index < -0.39 is 0 Å². The molecule has 0 aliphatic heterocycles. The molecule has 0 aliphatic carbocycles. The monoisotopic (exact) mass is 390 g/mol. The predicted molar refractivity (Wildman–Crippen MR) is 118 cm³/mol. The van der Waals surface area contributed by atoms with Crippen LogP contribution in [0.3, 0.4) is 0 Å². The van der Waals surface area contributed by atoms with Gasteiger partial charge in [-0.25, -0.2) is 0 Å². The van der Waals surface area contributed by atoms with Gasteiger partial charge in [-0.3, -0.25) is 4.79 Å². The number of phenols is 1. The summed E-state index contributed by atoms with van der Waals surface area (Å²) < 4.78 is 5.40. The van der Waals surface area contributed by atoms with Gasteiger partial charge in [-0.2, -0.15) is 0 Å².